The van der Waals surface area contributed by atoms with Gasteiger partial charge in [0.15, 0.2) is 0 Å². The highest BCUT2D eigenvalue weighted by Gasteiger charge is 2.23. The van der Waals surface area contributed by atoms with E-state index in [0.717, 1.165) is 42.4 Å². The van der Waals surface area contributed by atoms with Gasteiger partial charge >= 0.3 is 6.09 Å². The molecule has 1 aliphatic rings. The van der Waals surface area contributed by atoms with Gasteiger partial charge < -0.3 is 19.5 Å². The number of nitrogens with zero attached hydrogens (tertiary/aromatic N) is 2. The molecule has 158 valence electrons. The van der Waals surface area contributed by atoms with Crippen molar-refractivity contribution >= 4 is 28.6 Å². The van der Waals surface area contributed by atoms with Crippen molar-refractivity contribution < 1.29 is 9.53 Å². The molecular formula is C24H28ClN3O2. The number of halogens is 1. The normalized spacial score (nSPS) is 15.6. The lowest BCUT2D eigenvalue weighted by Crippen LogP contribution is -2.47. The summed E-state index contributed by atoms with van der Waals surface area (Å²) in [4.78, 5) is 15.1. The number of amides is 1. The highest BCUT2D eigenvalue weighted by molar-refractivity contribution is 6.30. The number of para-hydroxylation sites is 1. The Morgan fingerprint density at radius 3 is 2.53 bits per heavy atom. The quantitative estimate of drug-likeness (QED) is 0.603. The third-order valence-corrected chi connectivity index (χ3v) is 6.06. The number of likely N-dealkylation sites (tertiary alicyclic amines) is 1. The summed E-state index contributed by atoms with van der Waals surface area (Å²) in [6.07, 6.45) is 1.50. The number of hydrogen-bond donors (Lipinski definition) is 1. The second kappa shape index (κ2) is 9.11. The Morgan fingerprint density at radius 2 is 1.83 bits per heavy atom. The van der Waals surface area contributed by atoms with Crippen LogP contribution < -0.4 is 10.1 Å². The van der Waals surface area contributed by atoms with Crippen molar-refractivity contribution in [3.8, 4) is 5.88 Å². The van der Waals surface area contributed by atoms with Crippen molar-refractivity contribution in [2.75, 3.05) is 13.1 Å². The van der Waals surface area contributed by atoms with E-state index < -0.39 is 6.09 Å². The Kier molecular flexibility index (Phi) is 6.30. The number of ether oxygens (including phenoxy) is 1. The molecule has 1 aliphatic heterocycles. The Balaban J connectivity index is 1.48. The molecule has 0 atom stereocenters. The van der Waals surface area contributed by atoms with Gasteiger partial charge in [-0.1, -0.05) is 41.9 Å². The van der Waals surface area contributed by atoms with E-state index in [1.165, 1.54) is 0 Å². The summed E-state index contributed by atoms with van der Waals surface area (Å²) >= 11 is 6.02. The van der Waals surface area contributed by atoms with Crippen molar-refractivity contribution in [2.45, 2.75) is 45.3 Å². The van der Waals surface area contributed by atoms with Crippen LogP contribution in [-0.4, -0.2) is 40.7 Å². The molecule has 30 heavy (non-hydrogen) atoms. The molecule has 4 rings (SSSR count). The van der Waals surface area contributed by atoms with Gasteiger partial charge in [0, 0.05) is 41.6 Å². The van der Waals surface area contributed by atoms with Crippen LogP contribution in [0.5, 0.6) is 5.88 Å². The number of aromatic nitrogens is 1. The van der Waals surface area contributed by atoms with Gasteiger partial charge in [-0.3, -0.25) is 0 Å². The van der Waals surface area contributed by atoms with Crippen molar-refractivity contribution in [3.63, 3.8) is 0 Å². The highest BCUT2D eigenvalue weighted by atomic mass is 35.5. The molecular weight excluding hydrogens is 398 g/mol. The maximum absolute atomic E-state index is 12.6. The second-order valence-corrected chi connectivity index (χ2v) is 8.63. The highest BCUT2D eigenvalue weighted by Crippen LogP contribution is 2.27. The maximum atomic E-state index is 12.6. The van der Waals surface area contributed by atoms with Gasteiger partial charge in [-0.15, -0.1) is 0 Å². The first kappa shape index (κ1) is 20.8. The minimum absolute atomic E-state index is 0.154. The van der Waals surface area contributed by atoms with Crippen LogP contribution in [-0.2, 0) is 6.54 Å². The molecule has 0 radical (unpaired) electrons. The van der Waals surface area contributed by atoms with Crippen LogP contribution in [0.1, 0.15) is 32.3 Å². The van der Waals surface area contributed by atoms with E-state index >= 15 is 0 Å². The molecule has 6 heteroatoms. The van der Waals surface area contributed by atoms with E-state index in [-0.39, 0.29) is 6.04 Å². The Bertz CT molecular complexity index is 1000. The summed E-state index contributed by atoms with van der Waals surface area (Å²) in [6.45, 7) is 7.02. The summed E-state index contributed by atoms with van der Waals surface area (Å²) in [5.41, 5.74) is 2.12. The van der Waals surface area contributed by atoms with Gasteiger partial charge in [0.1, 0.15) is 0 Å². The van der Waals surface area contributed by atoms with Crippen LogP contribution in [0.25, 0.3) is 10.9 Å². The molecule has 0 bridgehead atoms. The van der Waals surface area contributed by atoms with Crippen LogP contribution in [0.3, 0.4) is 0 Å². The van der Waals surface area contributed by atoms with Gasteiger partial charge in [-0.25, -0.2) is 4.79 Å². The number of rotatable bonds is 5. The van der Waals surface area contributed by atoms with Crippen molar-refractivity contribution in [1.82, 2.24) is 14.8 Å². The number of hydrogen-bond acceptors (Lipinski definition) is 3. The molecule has 1 N–H and O–H groups in total. The summed E-state index contributed by atoms with van der Waals surface area (Å²) in [7, 11) is 0. The molecule has 0 spiro atoms. The molecule has 1 aromatic heterocycles. The number of piperidine rings is 1. The average Bonchev–Trinajstić information content (AvgIpc) is 3.07. The molecule has 1 fully saturated rings. The molecule has 5 nitrogen and oxygen atoms in total. The van der Waals surface area contributed by atoms with Crippen molar-refractivity contribution in [2.24, 2.45) is 0 Å². The summed E-state index contributed by atoms with van der Waals surface area (Å²) < 4.78 is 7.80. The van der Waals surface area contributed by atoms with E-state index in [1.54, 1.807) is 0 Å². The third kappa shape index (κ3) is 4.79. The first-order chi connectivity index (χ1) is 14.5. The van der Waals surface area contributed by atoms with Gasteiger partial charge in [-0.2, -0.15) is 0 Å². The number of carbonyl (C=O) groups is 1. The van der Waals surface area contributed by atoms with Crippen LogP contribution in [0, 0.1) is 0 Å². The maximum Gasteiger partial charge on any atom is 0.414 e. The molecule has 2 aromatic carbocycles. The minimum Gasteiger partial charge on any atom is -0.393 e. The first-order valence-electron chi connectivity index (χ1n) is 10.5. The van der Waals surface area contributed by atoms with E-state index in [0.29, 0.717) is 23.5 Å². The Labute approximate surface area is 182 Å². The van der Waals surface area contributed by atoms with Gasteiger partial charge in [-0.05, 0) is 50.5 Å². The molecule has 0 unspecified atom stereocenters. The number of nitrogens with one attached hydrogen (secondary N) is 1. The molecule has 3 aromatic rings. The summed E-state index contributed by atoms with van der Waals surface area (Å²) in [5, 5.41) is 4.80. The second-order valence-electron chi connectivity index (χ2n) is 8.19. The largest absolute Gasteiger partial charge is 0.414 e. The topological polar surface area (TPSA) is 46.5 Å². The van der Waals surface area contributed by atoms with E-state index in [1.807, 2.05) is 59.2 Å². The number of fused-ring (bicyclic) bond motifs is 1. The minimum atomic E-state index is -0.391. The fourth-order valence-electron chi connectivity index (χ4n) is 4.06. The van der Waals surface area contributed by atoms with Crippen molar-refractivity contribution in [1.29, 1.82) is 0 Å². The standard InChI is InChI=1S/C24H28ClN3O2/c1-17(2)27-13-11-21(12-14-27)26-24(29)30-23-15-19-5-3-4-6-22(19)28(23)16-18-7-9-20(25)10-8-18/h3-10,15,17,21H,11-14,16H2,1-2H3,(H,26,29). The SMILES string of the molecule is CC(C)N1CCC(NC(=O)Oc2cc3ccccc3n2Cc2ccc(Cl)cc2)CC1. The Morgan fingerprint density at radius 1 is 1.13 bits per heavy atom. The first-order valence-corrected chi connectivity index (χ1v) is 10.9. The molecule has 1 amide bonds. The molecule has 0 saturated carbocycles. The predicted molar refractivity (Wildman–Crippen MR) is 121 cm³/mol. The summed E-state index contributed by atoms with van der Waals surface area (Å²) in [5.74, 6) is 0.545. The summed E-state index contributed by atoms with van der Waals surface area (Å²) in [6, 6.07) is 18.4. The van der Waals surface area contributed by atoms with Gasteiger partial charge in [0.25, 0.3) is 0 Å². The molecule has 1 saturated heterocycles. The van der Waals surface area contributed by atoms with Crippen LogP contribution in [0.15, 0.2) is 54.6 Å². The lowest BCUT2D eigenvalue weighted by Gasteiger charge is -2.34. The lowest BCUT2D eigenvalue weighted by atomic mass is 10.0. The van der Waals surface area contributed by atoms with Gasteiger partial charge in [0.2, 0.25) is 5.88 Å². The molecule has 0 aliphatic carbocycles. The van der Waals surface area contributed by atoms with Crippen LogP contribution in [0.4, 0.5) is 4.79 Å². The zero-order valence-corrected chi connectivity index (χ0v) is 18.2. The van der Waals surface area contributed by atoms with E-state index in [4.69, 9.17) is 16.3 Å². The van der Waals surface area contributed by atoms with E-state index in [9.17, 15) is 4.79 Å². The fraction of sp³-hybridized carbons (Fsp3) is 0.375. The van der Waals surface area contributed by atoms with Gasteiger partial charge in [0.05, 0.1) is 12.1 Å². The van der Waals surface area contributed by atoms with Crippen LogP contribution in [0.2, 0.25) is 5.02 Å². The third-order valence-electron chi connectivity index (χ3n) is 5.81. The average molecular weight is 426 g/mol. The number of benzene rings is 2. The Hall–Kier alpha value is -2.50. The van der Waals surface area contributed by atoms with Crippen molar-refractivity contribution in [3.05, 3.63) is 65.2 Å². The zero-order valence-electron chi connectivity index (χ0n) is 17.5. The number of carbonyl (C=O) groups excluding carboxylic acids is 1. The molecule has 2 heterocycles. The smallest absolute Gasteiger partial charge is 0.393 e. The zero-order chi connectivity index (χ0) is 21.1. The van der Waals surface area contributed by atoms with Crippen LogP contribution >= 0.6 is 11.6 Å². The predicted octanol–water partition coefficient (Wildman–Crippen LogP) is 5.30. The monoisotopic (exact) mass is 425 g/mol. The van der Waals surface area contributed by atoms with E-state index in [2.05, 4.69) is 24.1 Å². The lowest BCUT2D eigenvalue weighted by molar-refractivity contribution is 0.151. The fourth-order valence-corrected chi connectivity index (χ4v) is 4.18.